The van der Waals surface area contributed by atoms with Gasteiger partial charge in [0.05, 0.1) is 6.61 Å². The van der Waals surface area contributed by atoms with Crippen molar-refractivity contribution < 1.29 is 4.74 Å². The molecule has 2 aliphatic heterocycles. The van der Waals surface area contributed by atoms with Gasteiger partial charge in [0.25, 0.3) is 0 Å². The van der Waals surface area contributed by atoms with Gasteiger partial charge in [0.2, 0.25) is 0 Å². The first-order valence-electron chi connectivity index (χ1n) is 8.28. The predicted molar refractivity (Wildman–Crippen MR) is 86.2 cm³/mol. The molecule has 3 nitrogen and oxygen atoms in total. The fourth-order valence-electron chi connectivity index (χ4n) is 3.96. The first-order chi connectivity index (χ1) is 10.3. The van der Waals surface area contributed by atoms with Crippen molar-refractivity contribution in [3.8, 4) is 0 Å². The lowest BCUT2D eigenvalue weighted by molar-refractivity contribution is 0.0482. The maximum absolute atomic E-state index is 5.16. The zero-order chi connectivity index (χ0) is 14.7. The van der Waals surface area contributed by atoms with Crippen LogP contribution in [0.1, 0.15) is 43.2 Å². The van der Waals surface area contributed by atoms with E-state index in [-0.39, 0.29) is 0 Å². The monoisotopic (exact) mass is 288 g/mol. The third kappa shape index (κ3) is 3.65. The largest absolute Gasteiger partial charge is 0.380 e. The van der Waals surface area contributed by atoms with Crippen molar-refractivity contribution in [2.24, 2.45) is 0 Å². The van der Waals surface area contributed by atoms with Gasteiger partial charge in [-0.25, -0.2) is 0 Å². The van der Waals surface area contributed by atoms with Gasteiger partial charge in [-0.1, -0.05) is 30.7 Å². The van der Waals surface area contributed by atoms with Crippen LogP contribution in [-0.2, 0) is 17.9 Å². The Labute approximate surface area is 128 Å². The molecule has 2 bridgehead atoms. The van der Waals surface area contributed by atoms with Gasteiger partial charge in [0.15, 0.2) is 0 Å². The molecule has 0 spiro atoms. The van der Waals surface area contributed by atoms with Gasteiger partial charge >= 0.3 is 0 Å². The average Bonchev–Trinajstić information content (AvgIpc) is 2.47. The van der Waals surface area contributed by atoms with E-state index in [0.29, 0.717) is 12.6 Å². The van der Waals surface area contributed by atoms with E-state index in [9.17, 15) is 0 Å². The molecule has 21 heavy (non-hydrogen) atoms. The van der Waals surface area contributed by atoms with E-state index in [4.69, 9.17) is 4.74 Å². The fourth-order valence-corrected chi connectivity index (χ4v) is 3.96. The first kappa shape index (κ1) is 15.0. The van der Waals surface area contributed by atoms with Crippen LogP contribution in [0.5, 0.6) is 0 Å². The second-order valence-electron chi connectivity index (χ2n) is 6.70. The van der Waals surface area contributed by atoms with Gasteiger partial charge in [-0.15, -0.1) is 0 Å². The molecule has 0 aromatic heterocycles. The van der Waals surface area contributed by atoms with Crippen molar-refractivity contribution in [3.63, 3.8) is 0 Å². The van der Waals surface area contributed by atoms with Crippen LogP contribution in [0.4, 0.5) is 0 Å². The highest BCUT2D eigenvalue weighted by atomic mass is 16.5. The number of hydrogen-bond donors (Lipinski definition) is 1. The minimum absolute atomic E-state index is 0.690. The third-order valence-corrected chi connectivity index (χ3v) is 5.27. The van der Waals surface area contributed by atoms with Gasteiger partial charge in [0.1, 0.15) is 0 Å². The molecule has 2 atom stereocenters. The summed E-state index contributed by atoms with van der Waals surface area (Å²) in [6.07, 6.45) is 6.82. The maximum Gasteiger partial charge on any atom is 0.0713 e. The fraction of sp³-hybridized carbons (Fsp3) is 0.667. The molecule has 2 saturated heterocycles. The zero-order valence-corrected chi connectivity index (χ0v) is 13.3. The number of rotatable bonds is 5. The van der Waals surface area contributed by atoms with Crippen molar-refractivity contribution in [2.75, 3.05) is 14.2 Å². The summed E-state index contributed by atoms with van der Waals surface area (Å²) in [5.74, 6) is 0. The summed E-state index contributed by atoms with van der Waals surface area (Å²) in [4.78, 5) is 2.63. The van der Waals surface area contributed by atoms with E-state index < -0.39 is 0 Å². The van der Waals surface area contributed by atoms with E-state index in [0.717, 1.165) is 18.6 Å². The van der Waals surface area contributed by atoms with Crippen molar-refractivity contribution in [1.29, 1.82) is 0 Å². The summed E-state index contributed by atoms with van der Waals surface area (Å²) in [5.41, 5.74) is 2.62. The number of benzene rings is 1. The smallest absolute Gasteiger partial charge is 0.0713 e. The first-order valence-corrected chi connectivity index (χ1v) is 8.28. The molecule has 2 unspecified atom stereocenters. The highest BCUT2D eigenvalue weighted by Gasteiger charge is 2.35. The summed E-state index contributed by atoms with van der Waals surface area (Å²) < 4.78 is 5.16. The molecule has 1 aromatic rings. The predicted octanol–water partition coefficient (Wildman–Crippen LogP) is 2.94. The average molecular weight is 288 g/mol. The normalized spacial score (nSPS) is 29.5. The molecule has 3 heteroatoms. The van der Waals surface area contributed by atoms with Crippen LogP contribution in [0, 0.1) is 0 Å². The molecule has 0 saturated carbocycles. The number of nitrogens with one attached hydrogen (secondary N) is 1. The summed E-state index contributed by atoms with van der Waals surface area (Å²) in [5, 5.41) is 3.78. The molecule has 0 amide bonds. The van der Waals surface area contributed by atoms with E-state index in [1.54, 1.807) is 7.11 Å². The van der Waals surface area contributed by atoms with Gasteiger partial charge in [-0.2, -0.15) is 0 Å². The van der Waals surface area contributed by atoms with Gasteiger partial charge in [0, 0.05) is 31.8 Å². The van der Waals surface area contributed by atoms with Gasteiger partial charge in [-0.05, 0) is 43.9 Å². The van der Waals surface area contributed by atoms with E-state index in [1.165, 1.54) is 43.2 Å². The van der Waals surface area contributed by atoms with Crippen molar-refractivity contribution in [3.05, 3.63) is 35.4 Å². The van der Waals surface area contributed by atoms with Crippen LogP contribution < -0.4 is 5.32 Å². The summed E-state index contributed by atoms with van der Waals surface area (Å²) in [7, 11) is 4.06. The van der Waals surface area contributed by atoms with Crippen LogP contribution in [0.2, 0.25) is 0 Å². The second kappa shape index (κ2) is 6.91. The molecule has 1 N–H and O–H groups in total. The lowest BCUT2D eigenvalue weighted by atomic mass is 9.82. The second-order valence-corrected chi connectivity index (χ2v) is 6.70. The quantitative estimate of drug-likeness (QED) is 0.901. The van der Waals surface area contributed by atoms with Crippen molar-refractivity contribution >= 4 is 0 Å². The van der Waals surface area contributed by atoms with Crippen molar-refractivity contribution in [2.45, 2.75) is 63.4 Å². The van der Waals surface area contributed by atoms with Crippen LogP contribution in [0.15, 0.2) is 24.3 Å². The molecule has 2 heterocycles. The number of nitrogens with zero attached hydrogens (tertiary/aromatic N) is 1. The van der Waals surface area contributed by atoms with Gasteiger partial charge in [-0.3, -0.25) is 0 Å². The topological polar surface area (TPSA) is 24.5 Å². The Balaban J connectivity index is 1.51. The SMILES string of the molecule is COCc1ccc(CNC2CC3CCCC(C2)N3C)cc1. The Bertz CT molecular complexity index is 431. The minimum Gasteiger partial charge on any atom is -0.380 e. The molecule has 2 fully saturated rings. The third-order valence-electron chi connectivity index (χ3n) is 5.27. The molecule has 2 aliphatic rings. The Morgan fingerprint density at radius 3 is 2.33 bits per heavy atom. The minimum atomic E-state index is 0.690. The summed E-state index contributed by atoms with van der Waals surface area (Å²) in [6.45, 7) is 1.69. The lowest BCUT2D eigenvalue weighted by Gasteiger charge is -2.47. The summed E-state index contributed by atoms with van der Waals surface area (Å²) in [6, 6.07) is 11.1. The molecular weight excluding hydrogens is 260 g/mol. The number of methoxy groups -OCH3 is 1. The number of fused-ring (bicyclic) bond motifs is 2. The standard InChI is InChI=1S/C18H28N2O/c1-20-17-4-3-5-18(20)11-16(10-17)19-12-14-6-8-15(9-7-14)13-21-2/h6-9,16-19H,3-5,10-13H2,1-2H3. The Kier molecular flexibility index (Phi) is 4.94. The Hall–Kier alpha value is -0.900. The zero-order valence-electron chi connectivity index (χ0n) is 13.3. The molecule has 0 aliphatic carbocycles. The van der Waals surface area contributed by atoms with Crippen LogP contribution in [0.3, 0.4) is 0 Å². The molecule has 3 rings (SSSR count). The maximum atomic E-state index is 5.16. The van der Waals surface area contributed by atoms with Crippen LogP contribution >= 0.6 is 0 Å². The van der Waals surface area contributed by atoms with E-state index in [1.807, 2.05) is 0 Å². The molecule has 1 aromatic carbocycles. The Morgan fingerprint density at radius 1 is 1.10 bits per heavy atom. The lowest BCUT2D eigenvalue weighted by Crippen LogP contribution is -2.54. The van der Waals surface area contributed by atoms with Gasteiger partial charge < -0.3 is 15.0 Å². The number of piperidine rings is 2. The van der Waals surface area contributed by atoms with E-state index in [2.05, 4.69) is 41.5 Å². The molecular formula is C18H28N2O. The number of hydrogen-bond acceptors (Lipinski definition) is 3. The molecule has 0 radical (unpaired) electrons. The highest BCUT2D eigenvalue weighted by Crippen LogP contribution is 2.32. The van der Waals surface area contributed by atoms with Crippen molar-refractivity contribution in [1.82, 2.24) is 10.2 Å². The Morgan fingerprint density at radius 2 is 1.71 bits per heavy atom. The van der Waals surface area contributed by atoms with Crippen LogP contribution in [-0.4, -0.2) is 37.2 Å². The highest BCUT2D eigenvalue weighted by molar-refractivity contribution is 5.22. The number of ether oxygens (including phenoxy) is 1. The van der Waals surface area contributed by atoms with Crippen LogP contribution in [0.25, 0.3) is 0 Å². The molecule has 116 valence electrons. The summed E-state index contributed by atoms with van der Waals surface area (Å²) >= 11 is 0. The van der Waals surface area contributed by atoms with E-state index >= 15 is 0 Å².